The van der Waals surface area contributed by atoms with Crippen LogP contribution in [0, 0.1) is 5.92 Å². The molecule has 0 aromatic heterocycles. The molecule has 2 heterocycles. The van der Waals surface area contributed by atoms with Crippen LogP contribution in [0.3, 0.4) is 0 Å². The molecular formula is C15H19N3O. The molecule has 3 aliphatic rings. The summed E-state index contributed by atoms with van der Waals surface area (Å²) in [6.07, 6.45) is 5.33. The first-order chi connectivity index (χ1) is 9.20. The van der Waals surface area contributed by atoms with E-state index in [1.54, 1.807) is 0 Å². The van der Waals surface area contributed by atoms with Gasteiger partial charge >= 0.3 is 0 Å². The molecule has 1 saturated carbocycles. The number of nitrogens with zero attached hydrogens (tertiary/aromatic N) is 1. The summed E-state index contributed by atoms with van der Waals surface area (Å²) in [5, 5.41) is 2.97. The van der Waals surface area contributed by atoms with E-state index in [0.29, 0.717) is 12.5 Å². The number of rotatable bonds is 1. The number of piperidine rings is 1. The van der Waals surface area contributed by atoms with Crippen molar-refractivity contribution in [2.24, 2.45) is 5.92 Å². The van der Waals surface area contributed by atoms with E-state index in [0.717, 1.165) is 35.9 Å². The second-order valence-electron chi connectivity index (χ2n) is 6.10. The smallest absolute Gasteiger partial charge is 0.224 e. The first-order valence-corrected chi connectivity index (χ1v) is 7.19. The zero-order valence-corrected chi connectivity index (χ0v) is 11.0. The van der Waals surface area contributed by atoms with Gasteiger partial charge in [-0.15, -0.1) is 0 Å². The van der Waals surface area contributed by atoms with Gasteiger partial charge in [0.25, 0.3) is 0 Å². The number of benzene rings is 1. The fraction of sp³-hybridized carbons (Fsp3) is 0.533. The third-order valence-electron chi connectivity index (χ3n) is 4.87. The standard InChI is InChI=1S/C15H19N3O/c16-12-6-10-2-4-15(19)17-13(10)7-14(12)18-8-9-1-3-11(18)5-9/h6-7,9,11H,1-5,8,16H2,(H,17,19). The normalized spacial score (nSPS) is 28.4. The summed E-state index contributed by atoms with van der Waals surface area (Å²) < 4.78 is 0. The van der Waals surface area contributed by atoms with E-state index in [1.165, 1.54) is 24.8 Å². The van der Waals surface area contributed by atoms with Crippen molar-refractivity contribution in [3.63, 3.8) is 0 Å². The molecule has 4 heteroatoms. The van der Waals surface area contributed by atoms with Crippen LogP contribution in [0.1, 0.15) is 31.2 Å². The van der Waals surface area contributed by atoms with Gasteiger partial charge in [0.2, 0.25) is 5.91 Å². The summed E-state index contributed by atoms with van der Waals surface area (Å²) in [6.45, 7) is 1.13. The number of carbonyl (C=O) groups excluding carboxylic acids is 1. The average Bonchev–Trinajstić information content (AvgIpc) is 3.00. The summed E-state index contributed by atoms with van der Waals surface area (Å²) in [5.41, 5.74) is 10.4. The van der Waals surface area contributed by atoms with Crippen molar-refractivity contribution in [3.05, 3.63) is 17.7 Å². The second-order valence-corrected chi connectivity index (χ2v) is 6.10. The molecule has 100 valence electrons. The predicted octanol–water partition coefficient (Wildman–Crippen LogP) is 2.14. The highest BCUT2D eigenvalue weighted by molar-refractivity contribution is 5.95. The minimum atomic E-state index is 0.117. The maximum Gasteiger partial charge on any atom is 0.224 e. The van der Waals surface area contributed by atoms with Crippen LogP contribution in [-0.2, 0) is 11.2 Å². The van der Waals surface area contributed by atoms with E-state index in [1.807, 2.05) is 0 Å². The van der Waals surface area contributed by atoms with Gasteiger partial charge in [-0.05, 0) is 49.3 Å². The number of aryl methyl sites for hydroxylation is 1. The van der Waals surface area contributed by atoms with Crippen molar-refractivity contribution in [3.8, 4) is 0 Å². The third kappa shape index (κ3) is 1.70. The molecule has 0 radical (unpaired) electrons. The summed E-state index contributed by atoms with van der Waals surface area (Å²) in [7, 11) is 0. The van der Waals surface area contributed by atoms with E-state index in [-0.39, 0.29) is 5.91 Å². The average molecular weight is 257 g/mol. The topological polar surface area (TPSA) is 58.4 Å². The fourth-order valence-corrected chi connectivity index (χ4v) is 3.90. The van der Waals surface area contributed by atoms with E-state index in [2.05, 4.69) is 22.3 Å². The number of anilines is 3. The van der Waals surface area contributed by atoms with Crippen molar-refractivity contribution < 1.29 is 4.79 Å². The van der Waals surface area contributed by atoms with Crippen molar-refractivity contribution in [2.45, 2.75) is 38.1 Å². The lowest BCUT2D eigenvalue weighted by Crippen LogP contribution is -2.32. The van der Waals surface area contributed by atoms with Crippen LogP contribution in [0.5, 0.6) is 0 Å². The molecule has 1 aromatic carbocycles. The van der Waals surface area contributed by atoms with Gasteiger partial charge in [-0.1, -0.05) is 0 Å². The zero-order valence-electron chi connectivity index (χ0n) is 11.0. The molecule has 2 atom stereocenters. The molecule has 4 rings (SSSR count). The Balaban J connectivity index is 1.72. The minimum absolute atomic E-state index is 0.117. The van der Waals surface area contributed by atoms with E-state index in [4.69, 9.17) is 5.73 Å². The Labute approximate surface area is 113 Å². The van der Waals surface area contributed by atoms with E-state index >= 15 is 0 Å². The Hall–Kier alpha value is -1.71. The van der Waals surface area contributed by atoms with Gasteiger partial charge in [0.05, 0.1) is 11.4 Å². The Morgan fingerprint density at radius 2 is 2.16 bits per heavy atom. The first-order valence-electron chi connectivity index (χ1n) is 7.19. The van der Waals surface area contributed by atoms with Crippen molar-refractivity contribution in [1.29, 1.82) is 0 Å². The van der Waals surface area contributed by atoms with Crippen LogP contribution >= 0.6 is 0 Å². The van der Waals surface area contributed by atoms with Crippen LogP contribution in [0.25, 0.3) is 0 Å². The van der Waals surface area contributed by atoms with Crippen LogP contribution in [0.4, 0.5) is 17.1 Å². The summed E-state index contributed by atoms with van der Waals surface area (Å²) >= 11 is 0. The molecule has 19 heavy (non-hydrogen) atoms. The SMILES string of the molecule is Nc1cc2c(cc1N1CC3CCC1C3)NC(=O)CC2. The largest absolute Gasteiger partial charge is 0.397 e. The van der Waals surface area contributed by atoms with Gasteiger partial charge in [-0.25, -0.2) is 0 Å². The van der Waals surface area contributed by atoms with Crippen molar-refractivity contribution >= 4 is 23.0 Å². The lowest BCUT2D eigenvalue weighted by molar-refractivity contribution is -0.116. The Bertz CT molecular complexity index is 555. The molecule has 1 aromatic rings. The number of nitrogens with one attached hydrogen (secondary N) is 1. The Kier molecular flexibility index (Phi) is 2.28. The maximum absolute atomic E-state index is 11.5. The van der Waals surface area contributed by atoms with E-state index < -0.39 is 0 Å². The third-order valence-corrected chi connectivity index (χ3v) is 4.87. The van der Waals surface area contributed by atoms with Crippen LogP contribution in [0.2, 0.25) is 0 Å². The van der Waals surface area contributed by atoms with Crippen molar-refractivity contribution in [1.82, 2.24) is 0 Å². The van der Waals surface area contributed by atoms with Crippen LogP contribution in [-0.4, -0.2) is 18.5 Å². The first kappa shape index (κ1) is 11.1. The number of amides is 1. The molecule has 0 spiro atoms. The maximum atomic E-state index is 11.5. The number of hydrogen-bond donors (Lipinski definition) is 2. The van der Waals surface area contributed by atoms with Gasteiger partial charge < -0.3 is 16.0 Å². The van der Waals surface area contributed by atoms with Crippen LogP contribution in [0.15, 0.2) is 12.1 Å². The van der Waals surface area contributed by atoms with Gasteiger partial charge in [-0.3, -0.25) is 4.79 Å². The number of nitrogen functional groups attached to an aromatic ring is 1. The number of nitrogens with two attached hydrogens (primary N) is 1. The number of carbonyl (C=O) groups is 1. The van der Waals surface area contributed by atoms with Crippen LogP contribution < -0.4 is 16.0 Å². The van der Waals surface area contributed by atoms with Gasteiger partial charge in [0, 0.05) is 24.7 Å². The zero-order chi connectivity index (χ0) is 13.0. The van der Waals surface area contributed by atoms with Crippen molar-refractivity contribution in [2.75, 3.05) is 22.5 Å². The number of hydrogen-bond acceptors (Lipinski definition) is 3. The summed E-state index contributed by atoms with van der Waals surface area (Å²) in [4.78, 5) is 14.0. The lowest BCUT2D eigenvalue weighted by Gasteiger charge is -2.31. The Morgan fingerprint density at radius 1 is 1.26 bits per heavy atom. The molecule has 1 aliphatic carbocycles. The molecule has 2 aliphatic heterocycles. The monoisotopic (exact) mass is 257 g/mol. The predicted molar refractivity (Wildman–Crippen MR) is 76.3 cm³/mol. The Morgan fingerprint density at radius 3 is 2.89 bits per heavy atom. The van der Waals surface area contributed by atoms with Gasteiger partial charge in [-0.2, -0.15) is 0 Å². The summed E-state index contributed by atoms with van der Waals surface area (Å²) in [5.74, 6) is 0.959. The molecule has 2 unspecified atom stereocenters. The highest BCUT2D eigenvalue weighted by Crippen LogP contribution is 2.43. The van der Waals surface area contributed by atoms with E-state index in [9.17, 15) is 4.79 Å². The summed E-state index contributed by atoms with van der Waals surface area (Å²) in [6, 6.07) is 4.79. The van der Waals surface area contributed by atoms with Gasteiger partial charge in [0.15, 0.2) is 0 Å². The molecule has 1 amide bonds. The molecule has 2 fully saturated rings. The number of fused-ring (bicyclic) bond motifs is 3. The highest BCUT2D eigenvalue weighted by Gasteiger charge is 2.38. The second kappa shape index (κ2) is 3.89. The quantitative estimate of drug-likeness (QED) is 0.758. The van der Waals surface area contributed by atoms with Gasteiger partial charge in [0.1, 0.15) is 0 Å². The highest BCUT2D eigenvalue weighted by atomic mass is 16.1. The molecule has 2 bridgehead atoms. The molecular weight excluding hydrogens is 238 g/mol. The molecule has 4 nitrogen and oxygen atoms in total. The molecule has 3 N–H and O–H groups in total. The molecule has 1 saturated heterocycles. The lowest BCUT2D eigenvalue weighted by atomic mass is 10.00. The minimum Gasteiger partial charge on any atom is -0.397 e. The fourth-order valence-electron chi connectivity index (χ4n) is 3.90.